The molecule has 1 saturated heterocycles. The normalized spacial score (nSPS) is 36.8. The first-order chi connectivity index (χ1) is 13.6. The molecule has 1 saturated carbocycles. The summed E-state index contributed by atoms with van der Waals surface area (Å²) in [5.74, 6) is -0.630. The number of methoxy groups -OCH3 is 1. The van der Waals surface area contributed by atoms with Crippen LogP contribution in [0.1, 0.15) is 45.6 Å². The number of β-amino-alcohol motifs (C(OH)–C–C–N with tert-alkyl or cyclic N) is 1. The Morgan fingerprint density at radius 2 is 2.10 bits per heavy atom. The Kier molecular flexibility index (Phi) is 6.07. The first-order valence-electron chi connectivity index (χ1n) is 10.2. The number of fused-ring (bicyclic) bond motifs is 1. The van der Waals surface area contributed by atoms with Gasteiger partial charge in [-0.2, -0.15) is 5.26 Å². The average molecular weight is 401 g/mol. The van der Waals surface area contributed by atoms with E-state index in [-0.39, 0.29) is 6.04 Å². The third-order valence-corrected chi connectivity index (χ3v) is 6.61. The van der Waals surface area contributed by atoms with Crippen molar-refractivity contribution in [1.29, 1.82) is 5.26 Å². The molecular formula is C23H32N2O4. The highest BCUT2D eigenvalue weighted by molar-refractivity contribution is 5.54. The summed E-state index contributed by atoms with van der Waals surface area (Å²) in [5, 5.41) is 43.2. The first-order valence-corrected chi connectivity index (χ1v) is 10.2. The van der Waals surface area contributed by atoms with Crippen molar-refractivity contribution in [2.75, 3.05) is 18.6 Å². The minimum atomic E-state index is -1.33. The number of piperidine rings is 1. The number of ether oxygens (including phenoxy) is 1. The lowest BCUT2D eigenvalue weighted by atomic mass is 9.59. The highest BCUT2D eigenvalue weighted by atomic mass is 16.5. The van der Waals surface area contributed by atoms with Crippen LogP contribution in [0.5, 0.6) is 0 Å². The molecular weight excluding hydrogens is 368 g/mol. The molecule has 1 aromatic rings. The van der Waals surface area contributed by atoms with Crippen molar-refractivity contribution in [3.8, 4) is 6.07 Å². The zero-order valence-corrected chi connectivity index (χ0v) is 17.7. The van der Waals surface area contributed by atoms with Crippen LogP contribution in [0.4, 0.5) is 5.69 Å². The van der Waals surface area contributed by atoms with E-state index in [2.05, 4.69) is 12.1 Å². The van der Waals surface area contributed by atoms with Crippen molar-refractivity contribution in [3.63, 3.8) is 0 Å². The van der Waals surface area contributed by atoms with Gasteiger partial charge in [0.25, 0.3) is 0 Å². The van der Waals surface area contributed by atoms with E-state index < -0.39 is 29.3 Å². The van der Waals surface area contributed by atoms with Crippen LogP contribution in [0, 0.1) is 17.2 Å². The van der Waals surface area contributed by atoms with Crippen molar-refractivity contribution < 1.29 is 20.1 Å². The van der Waals surface area contributed by atoms with Gasteiger partial charge in [-0.15, -0.1) is 0 Å². The molecule has 0 spiro atoms. The molecule has 1 aromatic carbocycles. The van der Waals surface area contributed by atoms with Crippen molar-refractivity contribution >= 4 is 5.69 Å². The minimum Gasteiger partial charge on any atom is -0.390 e. The summed E-state index contributed by atoms with van der Waals surface area (Å²) in [6.45, 7) is 6.06. The van der Waals surface area contributed by atoms with Crippen LogP contribution in [0.15, 0.2) is 35.9 Å². The lowest BCUT2D eigenvalue weighted by molar-refractivity contribution is -0.232. The second-order valence-electron chi connectivity index (χ2n) is 8.94. The number of anilines is 1. The maximum absolute atomic E-state index is 11.8. The second kappa shape index (κ2) is 8.08. The van der Waals surface area contributed by atoms with Crippen molar-refractivity contribution in [2.24, 2.45) is 5.92 Å². The van der Waals surface area contributed by atoms with E-state index in [1.165, 1.54) is 7.11 Å². The molecule has 29 heavy (non-hydrogen) atoms. The summed E-state index contributed by atoms with van der Waals surface area (Å²) < 4.78 is 5.58. The van der Waals surface area contributed by atoms with E-state index in [9.17, 15) is 20.6 Å². The van der Waals surface area contributed by atoms with Crippen LogP contribution in [0.25, 0.3) is 0 Å². The summed E-state index contributed by atoms with van der Waals surface area (Å²) in [6, 6.07) is 9.07. The van der Waals surface area contributed by atoms with Gasteiger partial charge in [0.15, 0.2) is 0 Å². The topological polar surface area (TPSA) is 97.0 Å². The predicted molar refractivity (Wildman–Crippen MR) is 111 cm³/mol. The van der Waals surface area contributed by atoms with Crippen molar-refractivity contribution in [2.45, 2.75) is 69.5 Å². The molecule has 3 rings (SSSR count). The number of aliphatic hydroxyl groups excluding tert-OH is 1. The Morgan fingerprint density at radius 3 is 2.72 bits per heavy atom. The lowest BCUT2D eigenvalue weighted by Gasteiger charge is -2.61. The second-order valence-corrected chi connectivity index (χ2v) is 8.94. The summed E-state index contributed by atoms with van der Waals surface area (Å²) in [4.78, 5) is 2.02. The number of hydrogen-bond acceptors (Lipinski definition) is 6. The molecule has 0 aromatic heterocycles. The van der Waals surface area contributed by atoms with Gasteiger partial charge in [-0.05, 0) is 58.2 Å². The van der Waals surface area contributed by atoms with Crippen LogP contribution in [0.2, 0.25) is 0 Å². The number of benzene rings is 1. The molecule has 6 nitrogen and oxygen atoms in total. The highest BCUT2D eigenvalue weighted by Crippen LogP contribution is 2.50. The number of aliphatic hydroxyl groups is 3. The number of allylic oxidation sites excluding steroid dienone is 1. The fourth-order valence-electron chi connectivity index (χ4n) is 5.26. The molecule has 6 atom stereocenters. The minimum absolute atomic E-state index is 0.302. The largest absolute Gasteiger partial charge is 0.390 e. The predicted octanol–water partition coefficient (Wildman–Crippen LogP) is 2.37. The molecule has 0 bridgehead atoms. The van der Waals surface area contributed by atoms with Gasteiger partial charge >= 0.3 is 0 Å². The Labute approximate surface area is 173 Å². The molecule has 0 amide bonds. The standard InChI is InChI=1S/C23H32N2O4/c1-15(2)8-9-19-22(3,27)21-20(29-4)18(26)10-11-23(21,28)14-25(19)17-7-5-6-16(12-17)13-24/h5-8,12,18-21,26-28H,9-11,14H2,1-4H3/t18-,19+,20-,21-,22+,23+/m1/s1. The molecule has 6 heteroatoms. The Morgan fingerprint density at radius 1 is 1.38 bits per heavy atom. The van der Waals surface area contributed by atoms with Gasteiger partial charge in [0.1, 0.15) is 0 Å². The van der Waals surface area contributed by atoms with Gasteiger partial charge in [-0.1, -0.05) is 17.7 Å². The molecule has 0 unspecified atom stereocenters. The lowest BCUT2D eigenvalue weighted by Crippen LogP contribution is -2.75. The van der Waals surface area contributed by atoms with E-state index in [1.807, 2.05) is 30.9 Å². The third-order valence-electron chi connectivity index (χ3n) is 6.61. The first kappa shape index (κ1) is 21.8. The monoisotopic (exact) mass is 400 g/mol. The SMILES string of the molecule is CO[C@@H]1[C@H](O)CC[C@]2(O)CN(c3cccc(C#N)c3)[C@@H](CC=C(C)C)[C@](C)(O)[C@@H]12. The maximum atomic E-state index is 11.8. The molecule has 3 N–H and O–H groups in total. The smallest absolute Gasteiger partial charge is 0.0992 e. The van der Waals surface area contributed by atoms with Gasteiger partial charge in [-0.25, -0.2) is 0 Å². The highest BCUT2D eigenvalue weighted by Gasteiger charge is 2.63. The van der Waals surface area contributed by atoms with Crippen molar-refractivity contribution in [1.82, 2.24) is 0 Å². The van der Waals surface area contributed by atoms with Gasteiger partial charge in [0.2, 0.25) is 0 Å². The van der Waals surface area contributed by atoms with E-state index in [1.54, 1.807) is 19.1 Å². The molecule has 2 aliphatic rings. The van der Waals surface area contributed by atoms with Gasteiger partial charge in [0, 0.05) is 25.3 Å². The summed E-state index contributed by atoms with van der Waals surface area (Å²) in [7, 11) is 1.52. The van der Waals surface area contributed by atoms with Gasteiger partial charge < -0.3 is 25.0 Å². The van der Waals surface area contributed by atoms with E-state index >= 15 is 0 Å². The number of rotatable bonds is 4. The number of nitrogens with zero attached hydrogens (tertiary/aromatic N) is 2. The Bertz CT molecular complexity index is 811. The Balaban J connectivity index is 2.11. The van der Waals surface area contributed by atoms with Gasteiger partial charge in [-0.3, -0.25) is 0 Å². The van der Waals surface area contributed by atoms with Crippen LogP contribution in [-0.2, 0) is 4.74 Å². The number of nitriles is 1. The molecule has 158 valence electrons. The van der Waals surface area contributed by atoms with Crippen molar-refractivity contribution in [3.05, 3.63) is 41.5 Å². The zero-order chi connectivity index (χ0) is 21.4. The molecule has 1 heterocycles. The summed E-state index contributed by atoms with van der Waals surface area (Å²) in [6.07, 6.45) is 2.06. The fourth-order valence-corrected chi connectivity index (χ4v) is 5.26. The van der Waals surface area contributed by atoms with Crippen LogP contribution < -0.4 is 4.90 Å². The van der Waals surface area contributed by atoms with Crippen LogP contribution in [-0.4, -0.2) is 58.4 Å². The fraction of sp³-hybridized carbons (Fsp3) is 0.609. The van der Waals surface area contributed by atoms with Crippen LogP contribution in [0.3, 0.4) is 0 Å². The van der Waals surface area contributed by atoms with Crippen LogP contribution >= 0.6 is 0 Å². The van der Waals surface area contributed by atoms with Gasteiger partial charge in [0.05, 0.1) is 41.1 Å². The van der Waals surface area contributed by atoms with E-state index in [0.29, 0.717) is 31.4 Å². The Hall–Kier alpha value is -1.91. The van der Waals surface area contributed by atoms with E-state index in [0.717, 1.165) is 11.3 Å². The summed E-state index contributed by atoms with van der Waals surface area (Å²) >= 11 is 0. The number of hydrogen-bond donors (Lipinski definition) is 3. The molecule has 1 aliphatic carbocycles. The zero-order valence-electron chi connectivity index (χ0n) is 17.7. The third kappa shape index (κ3) is 3.93. The average Bonchev–Trinajstić information content (AvgIpc) is 2.67. The summed E-state index contributed by atoms with van der Waals surface area (Å²) in [5.41, 5.74) is -0.0779. The van der Waals surface area contributed by atoms with E-state index in [4.69, 9.17) is 4.74 Å². The quantitative estimate of drug-likeness (QED) is 0.672. The molecule has 0 radical (unpaired) electrons. The molecule has 1 aliphatic heterocycles. The maximum Gasteiger partial charge on any atom is 0.0992 e. The molecule has 2 fully saturated rings.